The number of carbonyl (C=O) groups is 1. The Kier molecular flexibility index (Phi) is 12.3. The van der Waals surface area contributed by atoms with Gasteiger partial charge in [0.1, 0.15) is 0 Å². The van der Waals surface area contributed by atoms with Crippen LogP contribution in [0.5, 0.6) is 0 Å². The van der Waals surface area contributed by atoms with Crippen LogP contribution in [0.3, 0.4) is 0 Å². The molecule has 0 amide bonds. The first-order valence-corrected chi connectivity index (χ1v) is 12.2. The van der Waals surface area contributed by atoms with Gasteiger partial charge in [0.15, 0.2) is 0 Å². The molecule has 1 unspecified atom stereocenters. The van der Waals surface area contributed by atoms with Gasteiger partial charge in [0, 0.05) is 6.08 Å². The highest BCUT2D eigenvalue weighted by molar-refractivity contribution is 5.83. The first-order valence-electron chi connectivity index (χ1n) is 12.2. The average Bonchev–Trinajstić information content (AvgIpc) is 2.66. The summed E-state index contributed by atoms with van der Waals surface area (Å²) in [5, 5.41) is 0. The maximum atomic E-state index is 12.0. The van der Waals surface area contributed by atoms with Gasteiger partial charge in [-0.15, -0.1) is 0 Å². The van der Waals surface area contributed by atoms with Crippen LogP contribution in [0.15, 0.2) is 70.4 Å². The van der Waals surface area contributed by atoms with Crippen LogP contribution in [0.2, 0.25) is 0 Å². The molecular formula is C30H46O2. The van der Waals surface area contributed by atoms with Gasteiger partial charge in [-0.05, 0) is 95.6 Å². The van der Waals surface area contributed by atoms with Crippen molar-refractivity contribution in [3.8, 4) is 0 Å². The Labute approximate surface area is 197 Å². The van der Waals surface area contributed by atoms with Crippen molar-refractivity contribution in [3.05, 3.63) is 70.4 Å². The lowest BCUT2D eigenvalue weighted by molar-refractivity contribution is -0.138. The van der Waals surface area contributed by atoms with E-state index in [1.165, 1.54) is 41.6 Å². The molecule has 1 aliphatic carbocycles. The van der Waals surface area contributed by atoms with Crippen molar-refractivity contribution in [1.82, 2.24) is 0 Å². The molecule has 2 heteroatoms. The zero-order chi connectivity index (χ0) is 24.1. The van der Waals surface area contributed by atoms with E-state index in [0.29, 0.717) is 12.5 Å². The minimum Gasteiger partial charge on any atom is -0.463 e. The Morgan fingerprint density at radius 2 is 1.81 bits per heavy atom. The molecular weight excluding hydrogens is 392 g/mol. The second kappa shape index (κ2) is 14.1. The van der Waals surface area contributed by atoms with Gasteiger partial charge < -0.3 is 4.74 Å². The van der Waals surface area contributed by atoms with Crippen LogP contribution in [0.4, 0.5) is 0 Å². The molecule has 0 aromatic rings. The molecule has 178 valence electrons. The maximum Gasteiger partial charge on any atom is 0.331 e. The molecule has 32 heavy (non-hydrogen) atoms. The Morgan fingerprint density at radius 1 is 1.09 bits per heavy atom. The third kappa shape index (κ3) is 11.5. The Bertz CT molecular complexity index is 793. The zero-order valence-corrected chi connectivity index (χ0v) is 21.9. The van der Waals surface area contributed by atoms with Gasteiger partial charge in [0.05, 0.1) is 6.61 Å². The minimum absolute atomic E-state index is 0.258. The van der Waals surface area contributed by atoms with E-state index in [9.17, 15) is 4.79 Å². The van der Waals surface area contributed by atoms with Crippen molar-refractivity contribution in [2.24, 2.45) is 11.3 Å². The predicted octanol–water partition coefficient (Wildman–Crippen LogP) is 8.83. The van der Waals surface area contributed by atoms with Gasteiger partial charge in [-0.2, -0.15) is 0 Å². The fraction of sp³-hybridized carbons (Fsp3) is 0.567. The zero-order valence-electron chi connectivity index (χ0n) is 21.9. The van der Waals surface area contributed by atoms with Crippen molar-refractivity contribution in [2.75, 3.05) is 6.61 Å². The lowest BCUT2D eigenvalue weighted by Crippen LogP contribution is -2.19. The summed E-state index contributed by atoms with van der Waals surface area (Å²) < 4.78 is 5.38. The number of ether oxygens (including phenoxy) is 1. The summed E-state index contributed by atoms with van der Waals surface area (Å²) in [7, 11) is 0. The lowest BCUT2D eigenvalue weighted by Gasteiger charge is -2.32. The predicted molar refractivity (Wildman–Crippen MR) is 140 cm³/mol. The third-order valence-corrected chi connectivity index (χ3v) is 6.19. The van der Waals surface area contributed by atoms with E-state index in [2.05, 4.69) is 72.8 Å². The number of allylic oxidation sites excluding steroid dienone is 11. The largest absolute Gasteiger partial charge is 0.463 e. The molecule has 0 aromatic heterocycles. The summed E-state index contributed by atoms with van der Waals surface area (Å²) in [6, 6.07) is 0. The highest BCUT2D eigenvalue weighted by atomic mass is 16.5. The Balaban J connectivity index is 2.48. The molecule has 0 heterocycles. The average molecular weight is 439 g/mol. The molecule has 0 N–H and O–H groups in total. The molecule has 1 rings (SSSR count). The molecule has 0 spiro atoms. The SMILES string of the molecule is CC(C)=CCCC(C)CCOC(=O)C=C(C)C=CC=C(C)C=CC1=C(C)CCCC1(C)C. The molecule has 1 aliphatic rings. The summed E-state index contributed by atoms with van der Waals surface area (Å²) in [5.41, 5.74) is 6.70. The number of rotatable bonds is 11. The quantitative estimate of drug-likeness (QED) is 0.139. The van der Waals surface area contributed by atoms with Crippen LogP contribution < -0.4 is 0 Å². The van der Waals surface area contributed by atoms with Gasteiger partial charge in [0.25, 0.3) is 0 Å². The molecule has 0 aliphatic heterocycles. The lowest BCUT2D eigenvalue weighted by atomic mass is 9.72. The number of hydrogen-bond donors (Lipinski definition) is 0. The van der Waals surface area contributed by atoms with Gasteiger partial charge in [0.2, 0.25) is 0 Å². The van der Waals surface area contributed by atoms with E-state index in [1.54, 1.807) is 6.08 Å². The molecule has 0 aromatic carbocycles. The molecule has 0 fully saturated rings. The van der Waals surface area contributed by atoms with Gasteiger partial charge in [-0.1, -0.05) is 73.9 Å². The first kappa shape index (κ1) is 27.9. The standard InChI is InChI=1S/C30H46O2/c1-23(2)12-9-13-25(4)19-21-32-29(31)22-26(5)15-10-14-24(3)17-18-28-27(6)16-11-20-30(28,7)8/h10,12,14-15,17-18,22,25H,9,11,13,16,19-21H2,1-8H3. The highest BCUT2D eigenvalue weighted by Gasteiger charge is 2.26. The number of esters is 1. The second-order valence-corrected chi connectivity index (χ2v) is 10.3. The van der Waals surface area contributed by atoms with Crippen molar-refractivity contribution in [1.29, 1.82) is 0 Å². The summed E-state index contributed by atoms with van der Waals surface area (Å²) in [5.74, 6) is 0.300. The third-order valence-electron chi connectivity index (χ3n) is 6.19. The highest BCUT2D eigenvalue weighted by Crippen LogP contribution is 2.40. The molecule has 2 nitrogen and oxygen atoms in total. The molecule has 0 bridgehead atoms. The smallest absolute Gasteiger partial charge is 0.331 e. The Morgan fingerprint density at radius 3 is 2.47 bits per heavy atom. The maximum absolute atomic E-state index is 12.0. The summed E-state index contributed by atoms with van der Waals surface area (Å²) in [4.78, 5) is 12.0. The van der Waals surface area contributed by atoms with E-state index >= 15 is 0 Å². The number of carbonyl (C=O) groups excluding carboxylic acids is 1. The second-order valence-electron chi connectivity index (χ2n) is 10.3. The van der Waals surface area contributed by atoms with Gasteiger partial charge in [-0.25, -0.2) is 4.79 Å². The summed E-state index contributed by atoms with van der Waals surface area (Å²) in [6.07, 6.45) is 21.2. The molecule has 0 radical (unpaired) electrons. The summed E-state index contributed by atoms with van der Waals surface area (Å²) >= 11 is 0. The normalized spacial score (nSPS) is 18.4. The van der Waals surface area contributed by atoms with Crippen LogP contribution >= 0.6 is 0 Å². The number of hydrogen-bond acceptors (Lipinski definition) is 2. The van der Waals surface area contributed by atoms with Crippen LogP contribution in [0, 0.1) is 11.3 Å². The van der Waals surface area contributed by atoms with E-state index in [-0.39, 0.29) is 11.4 Å². The Hall–Kier alpha value is -2.09. The van der Waals surface area contributed by atoms with E-state index in [0.717, 1.165) is 24.8 Å². The van der Waals surface area contributed by atoms with E-state index < -0.39 is 0 Å². The first-order chi connectivity index (χ1) is 15.0. The minimum atomic E-state index is -0.258. The molecule has 1 atom stereocenters. The van der Waals surface area contributed by atoms with Crippen molar-refractivity contribution in [2.45, 2.75) is 93.9 Å². The van der Waals surface area contributed by atoms with Crippen molar-refractivity contribution in [3.63, 3.8) is 0 Å². The van der Waals surface area contributed by atoms with E-state index in [1.807, 2.05) is 19.1 Å². The van der Waals surface area contributed by atoms with Crippen LogP contribution in [-0.2, 0) is 9.53 Å². The monoisotopic (exact) mass is 438 g/mol. The van der Waals surface area contributed by atoms with Crippen LogP contribution in [-0.4, -0.2) is 12.6 Å². The van der Waals surface area contributed by atoms with Crippen LogP contribution in [0.1, 0.15) is 93.9 Å². The van der Waals surface area contributed by atoms with Gasteiger partial charge in [-0.3, -0.25) is 0 Å². The van der Waals surface area contributed by atoms with Gasteiger partial charge >= 0.3 is 5.97 Å². The van der Waals surface area contributed by atoms with E-state index in [4.69, 9.17) is 4.74 Å². The molecule has 0 saturated heterocycles. The molecule has 0 saturated carbocycles. The fourth-order valence-electron chi connectivity index (χ4n) is 4.07. The summed E-state index contributed by atoms with van der Waals surface area (Å²) in [6.45, 7) is 17.9. The van der Waals surface area contributed by atoms with Crippen molar-refractivity contribution >= 4 is 5.97 Å². The fourth-order valence-corrected chi connectivity index (χ4v) is 4.07. The topological polar surface area (TPSA) is 26.3 Å². The van der Waals surface area contributed by atoms with Crippen LogP contribution in [0.25, 0.3) is 0 Å². The van der Waals surface area contributed by atoms with Crippen molar-refractivity contribution < 1.29 is 9.53 Å².